The van der Waals surface area contributed by atoms with Crippen LogP contribution in [-0.2, 0) is 9.47 Å². The molecule has 16 heavy (non-hydrogen) atoms. The average molecular weight is 243 g/mol. The summed E-state index contributed by atoms with van der Waals surface area (Å²) in [5.74, 6) is 0. The Morgan fingerprint density at radius 2 is 1.88 bits per heavy atom. The summed E-state index contributed by atoms with van der Waals surface area (Å²) in [5, 5.41) is 0. The van der Waals surface area contributed by atoms with Crippen LogP contribution in [0.25, 0.3) is 0 Å². The highest BCUT2D eigenvalue weighted by Crippen LogP contribution is 2.14. The molecule has 2 N–H and O–H groups in total. The van der Waals surface area contributed by atoms with Crippen LogP contribution >= 0.6 is 0 Å². The first-order chi connectivity index (χ1) is 7.45. The SMILES string of the molecule is CCCOCC(N)CCCOCC(F)(F)F. The van der Waals surface area contributed by atoms with Gasteiger partial charge in [0.15, 0.2) is 0 Å². The summed E-state index contributed by atoms with van der Waals surface area (Å²) in [6, 6.07) is -0.124. The molecule has 0 spiro atoms. The number of halogens is 3. The Hall–Kier alpha value is -0.330. The molecule has 0 aromatic heterocycles. The molecule has 0 bridgehead atoms. The molecule has 0 saturated heterocycles. The van der Waals surface area contributed by atoms with Crippen LogP contribution in [0, 0.1) is 0 Å². The van der Waals surface area contributed by atoms with Gasteiger partial charge in [0.1, 0.15) is 6.61 Å². The molecule has 0 heterocycles. The smallest absolute Gasteiger partial charge is 0.380 e. The predicted octanol–water partition coefficient (Wildman–Crippen LogP) is 2.10. The lowest BCUT2D eigenvalue weighted by atomic mass is 10.2. The summed E-state index contributed by atoms with van der Waals surface area (Å²) in [4.78, 5) is 0. The summed E-state index contributed by atoms with van der Waals surface area (Å²) >= 11 is 0. The van der Waals surface area contributed by atoms with Gasteiger partial charge in [0.25, 0.3) is 0 Å². The largest absolute Gasteiger partial charge is 0.411 e. The van der Waals surface area contributed by atoms with E-state index < -0.39 is 12.8 Å². The first-order valence-electron chi connectivity index (χ1n) is 5.43. The minimum atomic E-state index is -4.24. The van der Waals surface area contributed by atoms with Gasteiger partial charge in [-0.05, 0) is 19.3 Å². The van der Waals surface area contributed by atoms with Gasteiger partial charge < -0.3 is 15.2 Å². The maximum absolute atomic E-state index is 11.7. The maximum Gasteiger partial charge on any atom is 0.411 e. The third-order valence-electron chi connectivity index (χ3n) is 1.81. The standard InChI is InChI=1S/C10H20F3NO2/c1-2-5-15-7-9(14)4-3-6-16-8-10(11,12)13/h9H,2-8,14H2,1H3. The molecule has 98 valence electrons. The topological polar surface area (TPSA) is 44.5 Å². The normalized spacial score (nSPS) is 14.1. The number of nitrogens with two attached hydrogens (primary N) is 1. The van der Waals surface area contributed by atoms with Crippen molar-refractivity contribution in [2.75, 3.05) is 26.4 Å². The van der Waals surface area contributed by atoms with Crippen LogP contribution in [0.4, 0.5) is 13.2 Å². The molecule has 1 atom stereocenters. The van der Waals surface area contributed by atoms with Crippen molar-refractivity contribution < 1.29 is 22.6 Å². The lowest BCUT2D eigenvalue weighted by Gasteiger charge is -2.12. The molecule has 3 nitrogen and oxygen atoms in total. The van der Waals surface area contributed by atoms with Crippen LogP contribution < -0.4 is 5.73 Å². The van der Waals surface area contributed by atoms with Gasteiger partial charge in [-0.3, -0.25) is 0 Å². The van der Waals surface area contributed by atoms with Crippen molar-refractivity contribution in [3.8, 4) is 0 Å². The molecule has 0 saturated carbocycles. The molecule has 6 heteroatoms. The van der Waals surface area contributed by atoms with Crippen LogP contribution in [-0.4, -0.2) is 38.6 Å². The molecule has 0 aliphatic rings. The van der Waals surface area contributed by atoms with E-state index >= 15 is 0 Å². The Morgan fingerprint density at radius 3 is 2.44 bits per heavy atom. The van der Waals surface area contributed by atoms with Gasteiger partial charge in [-0.2, -0.15) is 13.2 Å². The molecule has 0 amide bonds. The van der Waals surface area contributed by atoms with Gasteiger partial charge in [-0.25, -0.2) is 0 Å². The second-order valence-electron chi connectivity index (χ2n) is 3.64. The van der Waals surface area contributed by atoms with Crippen molar-refractivity contribution in [3.05, 3.63) is 0 Å². The fourth-order valence-corrected chi connectivity index (χ4v) is 1.10. The number of alkyl halides is 3. The van der Waals surface area contributed by atoms with Crippen molar-refractivity contribution in [3.63, 3.8) is 0 Å². The van der Waals surface area contributed by atoms with Crippen LogP contribution in [0.3, 0.4) is 0 Å². The molecule has 0 rings (SSSR count). The molecule has 0 aliphatic heterocycles. The van der Waals surface area contributed by atoms with Gasteiger partial charge in [0.2, 0.25) is 0 Å². The number of rotatable bonds is 9. The summed E-state index contributed by atoms with van der Waals surface area (Å²) in [6.45, 7) is 2.01. The zero-order chi connectivity index (χ0) is 12.4. The monoisotopic (exact) mass is 243 g/mol. The molecule has 1 unspecified atom stereocenters. The highest BCUT2D eigenvalue weighted by atomic mass is 19.4. The van der Waals surface area contributed by atoms with Crippen LogP contribution in [0.1, 0.15) is 26.2 Å². The summed E-state index contributed by atoms with van der Waals surface area (Å²) in [7, 11) is 0. The average Bonchev–Trinajstić information content (AvgIpc) is 2.16. The second-order valence-corrected chi connectivity index (χ2v) is 3.64. The van der Waals surface area contributed by atoms with Crippen molar-refractivity contribution in [1.29, 1.82) is 0 Å². The van der Waals surface area contributed by atoms with Crippen molar-refractivity contribution in [2.45, 2.75) is 38.4 Å². The minimum Gasteiger partial charge on any atom is -0.380 e. The van der Waals surface area contributed by atoms with E-state index in [1.165, 1.54) is 0 Å². The zero-order valence-corrected chi connectivity index (χ0v) is 9.55. The molecule has 0 aromatic rings. The molecular formula is C10H20F3NO2. The maximum atomic E-state index is 11.7. The number of ether oxygens (including phenoxy) is 2. The Morgan fingerprint density at radius 1 is 1.19 bits per heavy atom. The Kier molecular flexibility index (Phi) is 8.60. The molecule has 0 radical (unpaired) electrons. The fourth-order valence-electron chi connectivity index (χ4n) is 1.10. The zero-order valence-electron chi connectivity index (χ0n) is 9.55. The van der Waals surface area contributed by atoms with E-state index in [0.29, 0.717) is 26.1 Å². The highest BCUT2D eigenvalue weighted by Gasteiger charge is 2.27. The molecular weight excluding hydrogens is 223 g/mol. The van der Waals surface area contributed by atoms with E-state index in [-0.39, 0.29) is 12.6 Å². The second kappa shape index (κ2) is 8.78. The van der Waals surface area contributed by atoms with Crippen LogP contribution in [0.2, 0.25) is 0 Å². The van der Waals surface area contributed by atoms with Crippen molar-refractivity contribution >= 4 is 0 Å². The van der Waals surface area contributed by atoms with Gasteiger partial charge in [0, 0.05) is 19.3 Å². The van der Waals surface area contributed by atoms with Crippen LogP contribution in [0.15, 0.2) is 0 Å². The summed E-state index contributed by atoms with van der Waals surface area (Å²) < 4.78 is 44.7. The molecule has 0 aliphatic carbocycles. The third kappa shape index (κ3) is 11.7. The lowest BCUT2D eigenvalue weighted by molar-refractivity contribution is -0.174. The number of hydrogen-bond donors (Lipinski definition) is 1. The van der Waals surface area contributed by atoms with E-state index in [4.69, 9.17) is 10.5 Å². The van der Waals surface area contributed by atoms with E-state index in [1.54, 1.807) is 0 Å². The van der Waals surface area contributed by atoms with Gasteiger partial charge in [0.05, 0.1) is 6.61 Å². The third-order valence-corrected chi connectivity index (χ3v) is 1.81. The Labute approximate surface area is 94.1 Å². The first kappa shape index (κ1) is 15.7. The van der Waals surface area contributed by atoms with Gasteiger partial charge in [-0.15, -0.1) is 0 Å². The number of hydrogen-bond acceptors (Lipinski definition) is 3. The Bertz CT molecular complexity index is 165. The quantitative estimate of drug-likeness (QED) is 0.631. The first-order valence-corrected chi connectivity index (χ1v) is 5.43. The summed E-state index contributed by atoms with van der Waals surface area (Å²) in [5.41, 5.74) is 5.68. The van der Waals surface area contributed by atoms with E-state index in [0.717, 1.165) is 6.42 Å². The molecule has 0 fully saturated rings. The van der Waals surface area contributed by atoms with E-state index in [1.807, 2.05) is 6.92 Å². The van der Waals surface area contributed by atoms with E-state index in [9.17, 15) is 13.2 Å². The van der Waals surface area contributed by atoms with Gasteiger partial charge >= 0.3 is 6.18 Å². The summed E-state index contributed by atoms with van der Waals surface area (Å²) in [6.07, 6.45) is -2.18. The highest BCUT2D eigenvalue weighted by molar-refractivity contribution is 4.59. The van der Waals surface area contributed by atoms with Crippen molar-refractivity contribution in [1.82, 2.24) is 0 Å². The predicted molar refractivity (Wildman–Crippen MR) is 55.2 cm³/mol. The fraction of sp³-hybridized carbons (Fsp3) is 1.00. The van der Waals surface area contributed by atoms with Crippen molar-refractivity contribution in [2.24, 2.45) is 5.73 Å². The van der Waals surface area contributed by atoms with Crippen LogP contribution in [0.5, 0.6) is 0 Å². The van der Waals surface area contributed by atoms with E-state index in [2.05, 4.69) is 4.74 Å². The van der Waals surface area contributed by atoms with Gasteiger partial charge in [-0.1, -0.05) is 6.92 Å². The Balaban J connectivity index is 3.24. The molecule has 0 aromatic carbocycles. The minimum absolute atomic E-state index is 0.0843. The lowest BCUT2D eigenvalue weighted by Crippen LogP contribution is -2.27.